The molecule has 6 rings (SSSR count). The number of primary amides is 1. The highest BCUT2D eigenvalue weighted by molar-refractivity contribution is 9.10. The first kappa shape index (κ1) is 23.4. The minimum Gasteiger partial charge on any atom is -0.368 e. The number of rotatable bonds is 7. The fourth-order valence-corrected chi connectivity index (χ4v) is 6.06. The Morgan fingerprint density at radius 3 is 2.35 bits per heavy atom. The predicted octanol–water partition coefficient (Wildman–Crippen LogP) is 3.78. The van der Waals surface area contributed by atoms with E-state index in [-0.39, 0.29) is 29.9 Å². The molecule has 0 spiro atoms. The van der Waals surface area contributed by atoms with Crippen LogP contribution in [0.5, 0.6) is 0 Å². The van der Waals surface area contributed by atoms with E-state index in [1.165, 1.54) is 12.1 Å². The molecule has 4 aliphatic rings. The quantitative estimate of drug-likeness (QED) is 0.591. The molecule has 0 unspecified atom stereocenters. The number of nitrogens with zero attached hydrogens (tertiary/aromatic N) is 2. The molecule has 2 bridgehead atoms. The molecular weight excluding hydrogens is 504 g/mol. The third kappa shape index (κ3) is 4.15. The summed E-state index contributed by atoms with van der Waals surface area (Å²) in [5.41, 5.74) is 5.74. The highest BCUT2D eigenvalue weighted by atomic mass is 79.9. The molecule has 2 aromatic rings. The van der Waals surface area contributed by atoms with Crippen molar-refractivity contribution in [3.8, 4) is 0 Å². The van der Waals surface area contributed by atoms with Crippen molar-refractivity contribution < 1.29 is 18.4 Å². The van der Waals surface area contributed by atoms with Crippen LogP contribution in [-0.2, 0) is 21.4 Å². The standard InChI is InChI=1S/C26H28BrF2N3O2/c27-18-6-4-16(5-7-18)14-21(24(30)33)32(22-15-31-12-8-17(22)9-13-31)25(34)26(10-11-26)19-2-1-3-20(28)23(19)29/h1-7,17,21-22H,8-15H2,(H2,30,33)/t21-,22+/m0/s1. The SMILES string of the molecule is NC(=O)[C@H](Cc1ccc(Br)cc1)N(C(=O)C1(c2cccc(F)c2F)CC1)[C@@H]1CN2CCC1CC2. The maximum Gasteiger partial charge on any atom is 0.240 e. The first-order chi connectivity index (χ1) is 16.3. The molecule has 2 aromatic carbocycles. The summed E-state index contributed by atoms with van der Waals surface area (Å²) in [4.78, 5) is 31.1. The topological polar surface area (TPSA) is 66.6 Å². The zero-order valence-corrected chi connectivity index (χ0v) is 20.4. The van der Waals surface area contributed by atoms with Crippen LogP contribution in [0.3, 0.4) is 0 Å². The average Bonchev–Trinajstić information content (AvgIpc) is 3.64. The second kappa shape index (κ2) is 9.04. The van der Waals surface area contributed by atoms with E-state index in [1.54, 1.807) is 4.90 Å². The van der Waals surface area contributed by atoms with Gasteiger partial charge in [0, 0.05) is 29.0 Å². The molecule has 0 radical (unpaired) electrons. The van der Waals surface area contributed by atoms with Crippen molar-refractivity contribution in [2.75, 3.05) is 19.6 Å². The molecule has 180 valence electrons. The lowest BCUT2D eigenvalue weighted by atomic mass is 9.80. The van der Waals surface area contributed by atoms with Gasteiger partial charge in [-0.15, -0.1) is 0 Å². The van der Waals surface area contributed by atoms with Gasteiger partial charge in [0.2, 0.25) is 11.8 Å². The van der Waals surface area contributed by atoms with E-state index in [9.17, 15) is 18.4 Å². The second-order valence-corrected chi connectivity index (χ2v) is 10.8. The normalized spacial score (nSPS) is 25.6. The Hall–Kier alpha value is -2.32. The van der Waals surface area contributed by atoms with Crippen molar-refractivity contribution in [1.82, 2.24) is 9.80 Å². The third-order valence-corrected chi connectivity index (χ3v) is 8.38. The number of halogens is 3. The Labute approximate surface area is 206 Å². The molecule has 8 heteroatoms. The molecule has 34 heavy (non-hydrogen) atoms. The lowest BCUT2D eigenvalue weighted by molar-refractivity contribution is -0.149. The van der Waals surface area contributed by atoms with E-state index in [0.29, 0.717) is 19.4 Å². The van der Waals surface area contributed by atoms with E-state index in [2.05, 4.69) is 20.8 Å². The molecule has 0 aromatic heterocycles. The van der Waals surface area contributed by atoms with Gasteiger partial charge >= 0.3 is 0 Å². The van der Waals surface area contributed by atoms with E-state index in [4.69, 9.17) is 5.73 Å². The van der Waals surface area contributed by atoms with Crippen LogP contribution in [-0.4, -0.2) is 53.3 Å². The lowest BCUT2D eigenvalue weighted by Crippen LogP contribution is -2.65. The van der Waals surface area contributed by atoms with Crippen LogP contribution in [0.1, 0.15) is 36.8 Å². The van der Waals surface area contributed by atoms with Gasteiger partial charge in [-0.25, -0.2) is 8.78 Å². The van der Waals surface area contributed by atoms with Gasteiger partial charge in [-0.1, -0.05) is 40.2 Å². The maximum absolute atomic E-state index is 14.8. The van der Waals surface area contributed by atoms with Crippen LogP contribution in [0, 0.1) is 17.6 Å². The van der Waals surface area contributed by atoms with E-state index in [1.807, 2.05) is 24.3 Å². The third-order valence-electron chi connectivity index (χ3n) is 7.85. The number of hydrogen-bond donors (Lipinski definition) is 1. The minimum absolute atomic E-state index is 0.0793. The van der Waals surface area contributed by atoms with Crippen LogP contribution in [0.4, 0.5) is 8.78 Å². The number of nitrogens with two attached hydrogens (primary N) is 1. The van der Waals surface area contributed by atoms with Crippen molar-refractivity contribution >= 4 is 27.7 Å². The summed E-state index contributed by atoms with van der Waals surface area (Å²) in [5.74, 6) is -2.58. The number of piperidine rings is 3. The van der Waals surface area contributed by atoms with Gasteiger partial charge in [0.05, 0.1) is 5.41 Å². The molecule has 5 nitrogen and oxygen atoms in total. The smallest absolute Gasteiger partial charge is 0.240 e. The minimum atomic E-state index is -1.15. The van der Waals surface area contributed by atoms with Gasteiger partial charge in [-0.2, -0.15) is 0 Å². The van der Waals surface area contributed by atoms with Gasteiger partial charge in [0.25, 0.3) is 0 Å². The molecule has 3 saturated heterocycles. The maximum atomic E-state index is 14.8. The zero-order chi connectivity index (χ0) is 24.0. The van der Waals surface area contributed by atoms with Gasteiger partial charge in [0.1, 0.15) is 6.04 Å². The monoisotopic (exact) mass is 531 g/mol. The van der Waals surface area contributed by atoms with Crippen molar-refractivity contribution in [2.24, 2.45) is 11.7 Å². The Bertz CT molecular complexity index is 1100. The second-order valence-electron chi connectivity index (χ2n) is 9.85. The fourth-order valence-electron chi connectivity index (χ4n) is 5.80. The molecule has 4 fully saturated rings. The molecular formula is C26H28BrF2N3O2. The summed E-state index contributed by atoms with van der Waals surface area (Å²) in [6, 6.07) is 10.5. The first-order valence-corrected chi connectivity index (χ1v) is 12.6. The Balaban J connectivity index is 1.55. The lowest BCUT2D eigenvalue weighted by Gasteiger charge is -2.51. The molecule has 2 amide bonds. The number of carbonyl (C=O) groups is 2. The molecule has 3 aliphatic heterocycles. The van der Waals surface area contributed by atoms with Crippen LogP contribution in [0.2, 0.25) is 0 Å². The number of carbonyl (C=O) groups excluding carboxylic acids is 2. The number of hydrogen-bond acceptors (Lipinski definition) is 3. The van der Waals surface area contributed by atoms with E-state index >= 15 is 0 Å². The van der Waals surface area contributed by atoms with Crippen molar-refractivity contribution in [3.63, 3.8) is 0 Å². The first-order valence-electron chi connectivity index (χ1n) is 11.8. The van der Waals surface area contributed by atoms with E-state index in [0.717, 1.165) is 42.0 Å². The molecule has 3 heterocycles. The Morgan fingerprint density at radius 1 is 1.12 bits per heavy atom. The van der Waals surface area contributed by atoms with Gasteiger partial charge in [-0.3, -0.25) is 9.59 Å². The number of fused-ring (bicyclic) bond motifs is 3. The van der Waals surface area contributed by atoms with Gasteiger partial charge < -0.3 is 15.5 Å². The Kier molecular flexibility index (Phi) is 6.23. The van der Waals surface area contributed by atoms with Gasteiger partial charge in [-0.05, 0) is 68.5 Å². The molecule has 2 N–H and O–H groups in total. The van der Waals surface area contributed by atoms with Crippen LogP contribution >= 0.6 is 15.9 Å². The summed E-state index contributed by atoms with van der Waals surface area (Å²) in [7, 11) is 0. The van der Waals surface area contributed by atoms with E-state index < -0.39 is 29.0 Å². The summed E-state index contributed by atoms with van der Waals surface area (Å²) in [6.07, 6.45) is 3.01. The number of benzene rings is 2. The zero-order valence-electron chi connectivity index (χ0n) is 18.9. The van der Waals surface area contributed by atoms with Crippen molar-refractivity contribution in [3.05, 3.63) is 69.7 Å². The van der Waals surface area contributed by atoms with Crippen LogP contribution < -0.4 is 5.73 Å². The predicted molar refractivity (Wildman–Crippen MR) is 128 cm³/mol. The van der Waals surface area contributed by atoms with Crippen LogP contribution in [0.25, 0.3) is 0 Å². The summed E-state index contributed by atoms with van der Waals surface area (Å²) >= 11 is 3.42. The largest absolute Gasteiger partial charge is 0.368 e. The fraction of sp³-hybridized carbons (Fsp3) is 0.462. The Morgan fingerprint density at radius 2 is 1.79 bits per heavy atom. The number of amides is 2. The highest BCUT2D eigenvalue weighted by Crippen LogP contribution is 2.52. The van der Waals surface area contributed by atoms with Crippen molar-refractivity contribution in [2.45, 2.75) is 49.6 Å². The van der Waals surface area contributed by atoms with Gasteiger partial charge in [0.15, 0.2) is 11.6 Å². The summed E-state index contributed by atoms with van der Waals surface area (Å²) < 4.78 is 29.9. The van der Waals surface area contributed by atoms with Crippen LogP contribution in [0.15, 0.2) is 46.9 Å². The molecule has 1 saturated carbocycles. The molecule has 1 aliphatic carbocycles. The van der Waals surface area contributed by atoms with Crippen molar-refractivity contribution in [1.29, 1.82) is 0 Å². The summed E-state index contributed by atoms with van der Waals surface area (Å²) in [5, 5.41) is 0. The summed E-state index contributed by atoms with van der Waals surface area (Å²) in [6.45, 7) is 2.61. The molecule has 2 atom stereocenters. The average molecular weight is 532 g/mol. The highest BCUT2D eigenvalue weighted by Gasteiger charge is 2.58.